The van der Waals surface area contributed by atoms with Gasteiger partial charge in [0.05, 0.1) is 29.5 Å². The lowest BCUT2D eigenvalue weighted by Crippen LogP contribution is -2.40. The van der Waals surface area contributed by atoms with E-state index in [0.717, 1.165) is 54.2 Å². The van der Waals surface area contributed by atoms with Gasteiger partial charge in [0.2, 0.25) is 0 Å². The highest BCUT2D eigenvalue weighted by atomic mass is 16.5. The number of ether oxygens (including phenoxy) is 1. The van der Waals surface area contributed by atoms with Crippen molar-refractivity contribution in [3.05, 3.63) is 65.5 Å². The van der Waals surface area contributed by atoms with Crippen LogP contribution in [0.25, 0.3) is 11.0 Å². The van der Waals surface area contributed by atoms with Crippen molar-refractivity contribution in [1.82, 2.24) is 19.8 Å². The van der Waals surface area contributed by atoms with E-state index < -0.39 is 0 Å². The molecule has 0 N–H and O–H groups in total. The lowest BCUT2D eigenvalue weighted by atomic mass is 9.97. The highest BCUT2D eigenvalue weighted by Gasteiger charge is 2.21. The van der Waals surface area contributed by atoms with E-state index in [9.17, 15) is 0 Å². The van der Waals surface area contributed by atoms with E-state index >= 15 is 0 Å². The summed E-state index contributed by atoms with van der Waals surface area (Å²) in [5, 5.41) is 0. The molecule has 4 rings (SSSR count). The summed E-state index contributed by atoms with van der Waals surface area (Å²) in [4.78, 5) is 14.7. The maximum Gasteiger partial charge on any atom is 0.118 e. The van der Waals surface area contributed by atoms with E-state index in [0.29, 0.717) is 5.92 Å². The van der Waals surface area contributed by atoms with Crippen LogP contribution < -0.4 is 4.74 Å². The van der Waals surface area contributed by atoms with Crippen molar-refractivity contribution < 1.29 is 4.74 Å². The molecule has 0 spiro atoms. The van der Waals surface area contributed by atoms with Gasteiger partial charge in [-0.25, -0.2) is 9.97 Å². The normalized spacial score (nSPS) is 17.4. The lowest BCUT2D eigenvalue weighted by Gasteiger charge is -2.34. The molecule has 2 heterocycles. The van der Waals surface area contributed by atoms with Gasteiger partial charge in [-0.15, -0.1) is 0 Å². The molecule has 0 radical (unpaired) electrons. The third-order valence-electron chi connectivity index (χ3n) is 6.31. The summed E-state index contributed by atoms with van der Waals surface area (Å²) in [5.41, 5.74) is 5.47. The predicted molar refractivity (Wildman–Crippen MR) is 126 cm³/mol. The van der Waals surface area contributed by atoms with Crippen molar-refractivity contribution in [2.45, 2.75) is 32.7 Å². The molecule has 5 heteroatoms. The van der Waals surface area contributed by atoms with Crippen molar-refractivity contribution in [3.8, 4) is 5.75 Å². The summed E-state index contributed by atoms with van der Waals surface area (Å²) < 4.78 is 5.26. The van der Waals surface area contributed by atoms with E-state index in [1.165, 1.54) is 31.5 Å². The quantitative estimate of drug-likeness (QED) is 0.545. The number of aryl methyl sites for hydroxylation is 1. The zero-order chi connectivity index (χ0) is 21.6. The fraction of sp³-hybridized carbons (Fsp3) is 0.462. The number of rotatable bonds is 8. The van der Waals surface area contributed by atoms with Gasteiger partial charge >= 0.3 is 0 Å². The molecular weight excluding hydrogens is 384 g/mol. The first-order valence-corrected chi connectivity index (χ1v) is 11.4. The van der Waals surface area contributed by atoms with Crippen LogP contribution >= 0.6 is 0 Å². The minimum Gasteiger partial charge on any atom is -0.497 e. The van der Waals surface area contributed by atoms with Crippen LogP contribution in [0, 0.1) is 12.8 Å². The molecule has 1 saturated heterocycles. The minimum atomic E-state index is 0.711. The van der Waals surface area contributed by atoms with E-state index in [1.807, 2.05) is 24.3 Å². The van der Waals surface area contributed by atoms with Crippen molar-refractivity contribution in [2.24, 2.45) is 5.92 Å². The van der Waals surface area contributed by atoms with Crippen LogP contribution in [0.5, 0.6) is 5.75 Å². The third kappa shape index (κ3) is 5.81. The number of hydrogen-bond acceptors (Lipinski definition) is 5. The van der Waals surface area contributed by atoms with Crippen molar-refractivity contribution >= 4 is 11.0 Å². The second-order valence-electron chi connectivity index (χ2n) is 8.85. The summed E-state index contributed by atoms with van der Waals surface area (Å²) in [6.45, 7) is 7.55. The largest absolute Gasteiger partial charge is 0.497 e. The summed E-state index contributed by atoms with van der Waals surface area (Å²) in [7, 11) is 3.93. The second-order valence-corrected chi connectivity index (χ2v) is 8.85. The number of benzene rings is 2. The third-order valence-corrected chi connectivity index (χ3v) is 6.31. The van der Waals surface area contributed by atoms with Gasteiger partial charge < -0.3 is 14.5 Å². The molecular formula is C26H34N4O. The van der Waals surface area contributed by atoms with Gasteiger partial charge in [-0.05, 0) is 75.5 Å². The summed E-state index contributed by atoms with van der Waals surface area (Å²) >= 11 is 0. The second kappa shape index (κ2) is 10.2. The molecule has 1 unspecified atom stereocenters. The molecule has 31 heavy (non-hydrogen) atoms. The van der Waals surface area contributed by atoms with E-state index in [2.05, 4.69) is 48.0 Å². The molecule has 2 aromatic carbocycles. The fourth-order valence-corrected chi connectivity index (χ4v) is 4.62. The van der Waals surface area contributed by atoms with Crippen LogP contribution in [0.2, 0.25) is 0 Å². The maximum atomic E-state index is 5.26. The maximum absolute atomic E-state index is 5.26. The Balaban J connectivity index is 1.29. The van der Waals surface area contributed by atoms with Gasteiger partial charge in [-0.3, -0.25) is 0 Å². The average Bonchev–Trinajstić information content (AvgIpc) is 2.79. The van der Waals surface area contributed by atoms with Crippen molar-refractivity contribution in [2.75, 3.05) is 40.3 Å². The van der Waals surface area contributed by atoms with E-state index in [4.69, 9.17) is 14.7 Å². The molecule has 0 aliphatic carbocycles. The van der Waals surface area contributed by atoms with Gasteiger partial charge in [0.15, 0.2) is 0 Å². The molecule has 0 amide bonds. The molecule has 1 aliphatic heterocycles. The summed E-state index contributed by atoms with van der Waals surface area (Å²) in [5.74, 6) is 1.64. The highest BCUT2D eigenvalue weighted by Crippen LogP contribution is 2.20. The molecule has 5 nitrogen and oxygen atoms in total. The Bertz CT molecular complexity index is 988. The number of fused-ring (bicyclic) bond motifs is 1. The Hall–Kier alpha value is -2.50. The number of likely N-dealkylation sites (tertiary alicyclic amines) is 1. The highest BCUT2D eigenvalue weighted by molar-refractivity contribution is 5.74. The average molecular weight is 419 g/mol. The smallest absolute Gasteiger partial charge is 0.118 e. The molecule has 164 valence electrons. The number of methoxy groups -OCH3 is 1. The van der Waals surface area contributed by atoms with Gasteiger partial charge in [0, 0.05) is 26.2 Å². The number of hydrogen-bond donors (Lipinski definition) is 0. The first kappa shape index (κ1) is 21.7. The Labute approximate surface area is 186 Å². The summed E-state index contributed by atoms with van der Waals surface area (Å²) in [6.07, 6.45) is 3.69. The molecule has 0 bridgehead atoms. The standard InChI is InChI=1S/C26H34N4O/c1-20-26(28-25-9-5-4-8-24(25)27-20)19-29(2)17-22-7-6-15-30(18-22)16-14-21-10-12-23(31-3)13-11-21/h4-5,8-13,22H,6-7,14-19H2,1-3H3. The minimum absolute atomic E-state index is 0.711. The Morgan fingerprint density at radius 3 is 2.55 bits per heavy atom. The summed E-state index contributed by atoms with van der Waals surface area (Å²) in [6, 6.07) is 16.6. The molecule has 1 fully saturated rings. The molecule has 1 atom stereocenters. The Kier molecular flexibility index (Phi) is 7.15. The van der Waals surface area contributed by atoms with Gasteiger partial charge in [-0.2, -0.15) is 0 Å². The number of aromatic nitrogens is 2. The molecule has 1 aromatic heterocycles. The molecule has 0 saturated carbocycles. The fourth-order valence-electron chi connectivity index (χ4n) is 4.62. The number of nitrogens with zero attached hydrogens (tertiary/aromatic N) is 4. The van der Waals surface area contributed by atoms with Crippen LogP contribution in [0.3, 0.4) is 0 Å². The van der Waals surface area contributed by atoms with E-state index in [-0.39, 0.29) is 0 Å². The first-order valence-electron chi connectivity index (χ1n) is 11.4. The SMILES string of the molecule is COc1ccc(CCN2CCCC(CN(C)Cc3nc4ccccc4nc3C)C2)cc1. The number of piperidine rings is 1. The van der Waals surface area contributed by atoms with Crippen LogP contribution in [0.15, 0.2) is 48.5 Å². The number of para-hydroxylation sites is 2. The lowest BCUT2D eigenvalue weighted by molar-refractivity contribution is 0.142. The monoisotopic (exact) mass is 418 g/mol. The topological polar surface area (TPSA) is 41.5 Å². The van der Waals surface area contributed by atoms with Crippen LogP contribution in [0.4, 0.5) is 0 Å². The predicted octanol–water partition coefficient (Wildman–Crippen LogP) is 4.33. The Morgan fingerprint density at radius 1 is 1.06 bits per heavy atom. The Morgan fingerprint density at radius 2 is 1.81 bits per heavy atom. The zero-order valence-electron chi connectivity index (χ0n) is 19.1. The van der Waals surface area contributed by atoms with Gasteiger partial charge in [-0.1, -0.05) is 24.3 Å². The van der Waals surface area contributed by atoms with Crippen molar-refractivity contribution in [1.29, 1.82) is 0 Å². The zero-order valence-corrected chi connectivity index (χ0v) is 19.1. The first-order chi connectivity index (χ1) is 15.1. The van der Waals surface area contributed by atoms with Crippen LogP contribution in [-0.4, -0.2) is 60.1 Å². The van der Waals surface area contributed by atoms with E-state index in [1.54, 1.807) is 7.11 Å². The van der Waals surface area contributed by atoms with Gasteiger partial charge in [0.25, 0.3) is 0 Å². The molecule has 3 aromatic rings. The van der Waals surface area contributed by atoms with Crippen LogP contribution in [-0.2, 0) is 13.0 Å². The molecule has 1 aliphatic rings. The van der Waals surface area contributed by atoms with Crippen molar-refractivity contribution in [3.63, 3.8) is 0 Å². The van der Waals surface area contributed by atoms with Gasteiger partial charge in [0.1, 0.15) is 5.75 Å². The van der Waals surface area contributed by atoms with Crippen LogP contribution in [0.1, 0.15) is 29.8 Å².